The Balaban J connectivity index is 2.84. The Bertz CT molecular complexity index is 442. The number of hydrogen-bond acceptors (Lipinski definition) is 4. The molecule has 0 radical (unpaired) electrons. The first-order valence-electron chi connectivity index (χ1n) is 5.50. The third-order valence-electron chi connectivity index (χ3n) is 2.23. The van der Waals surface area contributed by atoms with Crippen molar-refractivity contribution >= 4 is 17.7 Å². The van der Waals surface area contributed by atoms with E-state index >= 15 is 0 Å². The molecule has 0 saturated carbocycles. The predicted octanol–water partition coefficient (Wildman–Crippen LogP) is 0.996. The van der Waals surface area contributed by atoms with E-state index in [2.05, 4.69) is 5.32 Å². The Kier molecular flexibility index (Phi) is 5.05. The Morgan fingerprint density at radius 1 is 1.22 bits per heavy atom. The molecule has 18 heavy (non-hydrogen) atoms. The highest BCUT2D eigenvalue weighted by Gasteiger charge is 2.24. The van der Waals surface area contributed by atoms with Crippen LogP contribution in [0.4, 0.5) is 0 Å². The van der Waals surface area contributed by atoms with E-state index in [0.29, 0.717) is 5.56 Å². The minimum Gasteiger partial charge on any atom is -0.447 e. The molecule has 0 aliphatic rings. The summed E-state index contributed by atoms with van der Waals surface area (Å²) in [6, 6.07) is 8.64. The van der Waals surface area contributed by atoms with E-state index in [0.717, 1.165) is 0 Å². The van der Waals surface area contributed by atoms with Gasteiger partial charge in [0.2, 0.25) is 6.10 Å². The zero-order valence-corrected chi connectivity index (χ0v) is 10.3. The van der Waals surface area contributed by atoms with Crippen molar-refractivity contribution in [3.05, 3.63) is 35.9 Å². The molecule has 0 heterocycles. The summed E-state index contributed by atoms with van der Waals surface area (Å²) in [5.41, 5.74) is 0.564. The fourth-order valence-electron chi connectivity index (χ4n) is 1.41. The number of hydrogen-bond donors (Lipinski definition) is 1. The standard InChI is InChI=1S/C13H15NO4/c1-9(15)8-11(16)18-12(13(17)14-2)10-6-4-3-5-7-10/h3-7,12H,8H2,1-2H3,(H,14,17)/t12-/m0/s1. The fourth-order valence-corrected chi connectivity index (χ4v) is 1.41. The van der Waals surface area contributed by atoms with Crippen molar-refractivity contribution in [3.8, 4) is 0 Å². The minimum absolute atomic E-state index is 0.302. The zero-order chi connectivity index (χ0) is 13.5. The first-order chi connectivity index (χ1) is 8.54. The molecule has 1 N–H and O–H groups in total. The Morgan fingerprint density at radius 2 is 1.83 bits per heavy atom. The van der Waals surface area contributed by atoms with Crippen LogP contribution in [0.15, 0.2) is 30.3 Å². The zero-order valence-electron chi connectivity index (χ0n) is 10.3. The molecule has 0 aliphatic heterocycles. The number of esters is 1. The van der Waals surface area contributed by atoms with Gasteiger partial charge in [0.15, 0.2) is 0 Å². The number of nitrogens with one attached hydrogen (secondary N) is 1. The molecule has 0 fully saturated rings. The number of likely N-dealkylation sites (N-methyl/N-ethyl adjacent to an activating group) is 1. The van der Waals surface area contributed by atoms with Crippen molar-refractivity contribution in [2.75, 3.05) is 7.05 Å². The van der Waals surface area contributed by atoms with Gasteiger partial charge in [-0.25, -0.2) is 0 Å². The molecular formula is C13H15NO4. The molecule has 0 unspecified atom stereocenters. The SMILES string of the molecule is CNC(=O)[C@@H](OC(=O)CC(C)=O)c1ccccc1. The number of carbonyl (C=O) groups is 3. The third-order valence-corrected chi connectivity index (χ3v) is 2.23. The minimum atomic E-state index is -1.02. The lowest BCUT2D eigenvalue weighted by Gasteiger charge is -2.16. The molecule has 0 bridgehead atoms. The second-order valence-electron chi connectivity index (χ2n) is 3.77. The van der Waals surface area contributed by atoms with E-state index in [9.17, 15) is 14.4 Å². The van der Waals surface area contributed by atoms with Crippen LogP contribution in [0.1, 0.15) is 25.0 Å². The van der Waals surface area contributed by atoms with Crippen LogP contribution in [0, 0.1) is 0 Å². The molecule has 0 aliphatic carbocycles. The van der Waals surface area contributed by atoms with Gasteiger partial charge in [-0.05, 0) is 6.92 Å². The first-order valence-corrected chi connectivity index (χ1v) is 5.50. The molecular weight excluding hydrogens is 234 g/mol. The topological polar surface area (TPSA) is 72.5 Å². The van der Waals surface area contributed by atoms with Crippen molar-refractivity contribution < 1.29 is 19.1 Å². The molecule has 0 aromatic heterocycles. The Morgan fingerprint density at radius 3 is 2.33 bits per heavy atom. The highest BCUT2D eigenvalue weighted by atomic mass is 16.5. The normalized spacial score (nSPS) is 11.4. The van der Waals surface area contributed by atoms with E-state index in [1.807, 2.05) is 0 Å². The lowest BCUT2D eigenvalue weighted by atomic mass is 10.1. The van der Waals surface area contributed by atoms with Crippen molar-refractivity contribution in [1.82, 2.24) is 5.32 Å². The highest BCUT2D eigenvalue weighted by molar-refractivity contribution is 5.95. The second kappa shape index (κ2) is 6.54. The van der Waals surface area contributed by atoms with Crippen LogP contribution in [0.2, 0.25) is 0 Å². The largest absolute Gasteiger partial charge is 0.447 e. The van der Waals surface area contributed by atoms with Gasteiger partial charge >= 0.3 is 5.97 Å². The summed E-state index contributed by atoms with van der Waals surface area (Å²) < 4.78 is 5.03. The van der Waals surface area contributed by atoms with Crippen LogP contribution in [0.3, 0.4) is 0 Å². The predicted molar refractivity (Wildman–Crippen MR) is 64.6 cm³/mol. The molecule has 1 amide bonds. The van der Waals surface area contributed by atoms with Crippen LogP contribution in [0.25, 0.3) is 0 Å². The van der Waals surface area contributed by atoms with Gasteiger partial charge in [-0.3, -0.25) is 14.4 Å². The fraction of sp³-hybridized carbons (Fsp3) is 0.308. The van der Waals surface area contributed by atoms with Crippen LogP contribution in [-0.2, 0) is 19.1 Å². The molecule has 1 aromatic rings. The van der Waals surface area contributed by atoms with Gasteiger partial charge in [-0.15, -0.1) is 0 Å². The van der Waals surface area contributed by atoms with Crippen LogP contribution < -0.4 is 5.32 Å². The monoisotopic (exact) mass is 249 g/mol. The number of Topliss-reactive ketones (excluding diaryl/α,β-unsaturated/α-hetero) is 1. The van der Waals surface area contributed by atoms with Gasteiger partial charge in [-0.2, -0.15) is 0 Å². The first kappa shape index (κ1) is 13.9. The molecule has 1 atom stereocenters. The summed E-state index contributed by atoms with van der Waals surface area (Å²) in [7, 11) is 1.46. The number of amides is 1. The summed E-state index contributed by atoms with van der Waals surface area (Å²) in [6.07, 6.45) is -1.36. The number of benzene rings is 1. The Labute approximate surface area is 105 Å². The molecule has 0 spiro atoms. The van der Waals surface area contributed by atoms with Gasteiger partial charge in [0.05, 0.1) is 0 Å². The van der Waals surface area contributed by atoms with Crippen molar-refractivity contribution in [2.45, 2.75) is 19.4 Å². The van der Waals surface area contributed by atoms with Gasteiger partial charge in [-0.1, -0.05) is 30.3 Å². The molecule has 5 heteroatoms. The van der Waals surface area contributed by atoms with E-state index in [4.69, 9.17) is 4.74 Å². The molecule has 1 rings (SSSR count). The van der Waals surface area contributed by atoms with Crippen molar-refractivity contribution in [1.29, 1.82) is 0 Å². The number of carbonyl (C=O) groups excluding carboxylic acids is 3. The smallest absolute Gasteiger partial charge is 0.314 e. The summed E-state index contributed by atoms with van der Waals surface area (Å²) in [4.78, 5) is 33.9. The van der Waals surface area contributed by atoms with Crippen LogP contribution in [-0.4, -0.2) is 24.7 Å². The number of rotatable bonds is 5. The van der Waals surface area contributed by atoms with Gasteiger partial charge in [0, 0.05) is 12.6 Å². The lowest BCUT2D eigenvalue weighted by molar-refractivity contribution is -0.157. The van der Waals surface area contributed by atoms with Crippen LogP contribution in [0.5, 0.6) is 0 Å². The van der Waals surface area contributed by atoms with Crippen molar-refractivity contribution in [3.63, 3.8) is 0 Å². The van der Waals surface area contributed by atoms with Gasteiger partial charge in [0.1, 0.15) is 12.2 Å². The molecule has 96 valence electrons. The van der Waals surface area contributed by atoms with Gasteiger partial charge < -0.3 is 10.1 Å². The van der Waals surface area contributed by atoms with E-state index < -0.39 is 18.0 Å². The summed E-state index contributed by atoms with van der Waals surface area (Å²) >= 11 is 0. The highest BCUT2D eigenvalue weighted by Crippen LogP contribution is 2.18. The summed E-state index contributed by atoms with van der Waals surface area (Å²) in [5, 5.41) is 2.42. The maximum Gasteiger partial charge on any atom is 0.314 e. The molecule has 1 aromatic carbocycles. The molecule has 0 saturated heterocycles. The average Bonchev–Trinajstić information content (AvgIpc) is 2.35. The second-order valence-corrected chi connectivity index (χ2v) is 3.77. The third kappa shape index (κ3) is 4.01. The van der Waals surface area contributed by atoms with E-state index in [1.54, 1.807) is 30.3 Å². The van der Waals surface area contributed by atoms with Crippen LogP contribution >= 0.6 is 0 Å². The average molecular weight is 249 g/mol. The number of ether oxygens (including phenoxy) is 1. The summed E-state index contributed by atoms with van der Waals surface area (Å²) in [5.74, 6) is -1.44. The van der Waals surface area contributed by atoms with Crippen molar-refractivity contribution in [2.24, 2.45) is 0 Å². The maximum absolute atomic E-state index is 11.7. The maximum atomic E-state index is 11.7. The Hall–Kier alpha value is -2.17. The lowest BCUT2D eigenvalue weighted by Crippen LogP contribution is -2.29. The summed E-state index contributed by atoms with van der Waals surface area (Å²) in [6.45, 7) is 1.29. The molecule has 5 nitrogen and oxygen atoms in total. The quantitative estimate of drug-likeness (QED) is 0.624. The van der Waals surface area contributed by atoms with E-state index in [-0.39, 0.29) is 12.2 Å². The van der Waals surface area contributed by atoms with E-state index in [1.165, 1.54) is 14.0 Å². The number of ketones is 1. The van der Waals surface area contributed by atoms with Gasteiger partial charge in [0.25, 0.3) is 5.91 Å².